The van der Waals surface area contributed by atoms with Gasteiger partial charge < -0.3 is 29.1 Å². The number of nitrogens with zero attached hydrogens (tertiary/aromatic N) is 6. The Balaban J connectivity index is 1.56. The second-order valence-corrected chi connectivity index (χ2v) is 9.99. The molecule has 36 heavy (non-hydrogen) atoms. The first kappa shape index (κ1) is 25.5. The second-order valence-electron chi connectivity index (χ2n) is 8.71. The van der Waals surface area contributed by atoms with Crippen LogP contribution in [0.25, 0.3) is 0 Å². The molecule has 0 radical (unpaired) electrons. The van der Waals surface area contributed by atoms with Crippen LogP contribution in [0.3, 0.4) is 0 Å². The molecular formula is C24H28N6O5S. The maximum atomic E-state index is 12.9. The molecule has 0 saturated carbocycles. The molecule has 0 bridgehead atoms. The van der Waals surface area contributed by atoms with E-state index in [0.717, 1.165) is 11.1 Å². The molecule has 2 atom stereocenters. The number of ether oxygens (including phenoxy) is 1. The van der Waals surface area contributed by atoms with E-state index in [1.165, 1.54) is 11.2 Å². The summed E-state index contributed by atoms with van der Waals surface area (Å²) in [6.07, 6.45) is 1.27. The minimum Gasteiger partial charge on any atom is -0.609 e. The fourth-order valence-electron chi connectivity index (χ4n) is 4.51. The Morgan fingerprint density at radius 2 is 2.03 bits per heavy atom. The molecule has 1 unspecified atom stereocenters. The maximum Gasteiger partial charge on any atom is 0.410 e. The average Bonchev–Trinajstić information content (AvgIpc) is 3.10. The van der Waals surface area contributed by atoms with Crippen molar-refractivity contribution in [3.63, 3.8) is 0 Å². The van der Waals surface area contributed by atoms with E-state index in [9.17, 15) is 24.5 Å². The minimum atomic E-state index is -1.47. The summed E-state index contributed by atoms with van der Waals surface area (Å²) >= 11 is -1.47. The largest absolute Gasteiger partial charge is 0.609 e. The van der Waals surface area contributed by atoms with Crippen molar-refractivity contribution in [3.05, 3.63) is 47.2 Å². The van der Waals surface area contributed by atoms with Gasteiger partial charge in [0, 0.05) is 42.9 Å². The number of carboxylic acid groups (broad SMARTS) is 1. The quantitative estimate of drug-likeness (QED) is 0.471. The van der Waals surface area contributed by atoms with Crippen LogP contribution in [-0.4, -0.2) is 80.1 Å². The van der Waals surface area contributed by atoms with Crippen molar-refractivity contribution in [1.29, 1.82) is 5.26 Å². The molecule has 1 aromatic heterocycles. The molecule has 1 fully saturated rings. The highest BCUT2D eigenvalue weighted by Gasteiger charge is 2.35. The standard InChI is InChI=1S/C24H28N6O5S/c1-36(34)22-26-20-15-29(23(31)32)11-5-8-19(20)21(27-22)28-12-13-30(18(14-28)9-10-25)24(33)35-16-17-6-3-2-4-7-17/h2-4,6-7,18H,5,8-9,11-16H2,1H3,(H,31,32)/t18-,36?/m0/s1. The lowest BCUT2D eigenvalue weighted by molar-refractivity contribution is 0.0767. The van der Waals surface area contributed by atoms with Gasteiger partial charge >= 0.3 is 17.3 Å². The number of hydrogen-bond donors (Lipinski definition) is 1. The number of aromatic nitrogens is 2. The van der Waals surface area contributed by atoms with Gasteiger partial charge in [-0.15, -0.1) is 0 Å². The predicted molar refractivity (Wildman–Crippen MR) is 131 cm³/mol. The number of nitriles is 1. The van der Waals surface area contributed by atoms with Crippen molar-refractivity contribution in [2.24, 2.45) is 0 Å². The number of amides is 2. The Morgan fingerprint density at radius 3 is 2.72 bits per heavy atom. The summed E-state index contributed by atoms with van der Waals surface area (Å²) in [5.74, 6) is 0.595. The third-order valence-corrected chi connectivity index (χ3v) is 7.02. The number of anilines is 1. The van der Waals surface area contributed by atoms with Gasteiger partial charge in [0.15, 0.2) is 0 Å². The van der Waals surface area contributed by atoms with Crippen LogP contribution in [0.4, 0.5) is 15.4 Å². The van der Waals surface area contributed by atoms with Gasteiger partial charge in [-0.3, -0.25) is 0 Å². The number of piperazine rings is 1. The molecule has 2 aliphatic rings. The van der Waals surface area contributed by atoms with E-state index < -0.39 is 29.4 Å². The molecule has 2 amide bonds. The first-order valence-electron chi connectivity index (χ1n) is 11.7. The number of carbonyl (C=O) groups excluding carboxylic acids is 1. The third kappa shape index (κ3) is 5.80. The topological polar surface area (TPSA) is 146 Å². The lowest BCUT2D eigenvalue weighted by atomic mass is 10.1. The Hall–Kier alpha value is -3.56. The van der Waals surface area contributed by atoms with Gasteiger partial charge in [0.1, 0.15) is 18.7 Å². The van der Waals surface area contributed by atoms with E-state index in [2.05, 4.69) is 16.0 Å². The fraction of sp³-hybridized carbons (Fsp3) is 0.458. The lowest BCUT2D eigenvalue weighted by Gasteiger charge is -2.41. The van der Waals surface area contributed by atoms with Gasteiger partial charge in [-0.1, -0.05) is 30.3 Å². The smallest absolute Gasteiger partial charge is 0.410 e. The Morgan fingerprint density at radius 1 is 1.25 bits per heavy atom. The molecule has 3 heterocycles. The monoisotopic (exact) mass is 512 g/mol. The molecule has 190 valence electrons. The van der Waals surface area contributed by atoms with Gasteiger partial charge in [-0.05, 0) is 18.4 Å². The Bertz CT molecular complexity index is 1140. The summed E-state index contributed by atoms with van der Waals surface area (Å²) in [6, 6.07) is 11.1. The number of fused-ring (bicyclic) bond motifs is 1. The van der Waals surface area contributed by atoms with E-state index in [1.54, 1.807) is 4.90 Å². The highest BCUT2D eigenvalue weighted by atomic mass is 32.2. The summed E-state index contributed by atoms with van der Waals surface area (Å²) in [4.78, 5) is 38.4. The maximum absolute atomic E-state index is 12.9. The van der Waals surface area contributed by atoms with Gasteiger partial charge in [-0.2, -0.15) is 15.2 Å². The molecule has 1 saturated heterocycles. The molecule has 12 heteroatoms. The van der Waals surface area contributed by atoms with E-state index in [4.69, 9.17) is 4.74 Å². The molecule has 2 aromatic rings. The first-order valence-corrected chi connectivity index (χ1v) is 13.2. The third-order valence-electron chi connectivity index (χ3n) is 6.32. The summed E-state index contributed by atoms with van der Waals surface area (Å²) in [7, 11) is 0. The molecule has 2 aliphatic heterocycles. The molecule has 1 aromatic carbocycles. The number of benzene rings is 1. The zero-order valence-corrected chi connectivity index (χ0v) is 20.8. The van der Waals surface area contributed by atoms with Crippen molar-refractivity contribution in [1.82, 2.24) is 19.8 Å². The van der Waals surface area contributed by atoms with E-state index in [1.807, 2.05) is 35.2 Å². The van der Waals surface area contributed by atoms with Crippen LogP contribution in [0, 0.1) is 11.3 Å². The van der Waals surface area contributed by atoms with Crippen LogP contribution in [0.5, 0.6) is 0 Å². The number of carbonyl (C=O) groups is 2. The van der Waals surface area contributed by atoms with Gasteiger partial charge in [0.2, 0.25) is 0 Å². The second kappa shape index (κ2) is 11.5. The first-order chi connectivity index (χ1) is 17.4. The van der Waals surface area contributed by atoms with Gasteiger partial charge in [0.25, 0.3) is 0 Å². The van der Waals surface area contributed by atoms with Crippen molar-refractivity contribution >= 4 is 29.2 Å². The van der Waals surface area contributed by atoms with Gasteiger partial charge in [-0.25, -0.2) is 9.59 Å². The fourth-order valence-corrected chi connectivity index (χ4v) is 4.97. The normalized spacial score (nSPS) is 18.6. The van der Waals surface area contributed by atoms with Crippen LogP contribution in [0.2, 0.25) is 0 Å². The van der Waals surface area contributed by atoms with Crippen LogP contribution in [-0.2, 0) is 35.5 Å². The van der Waals surface area contributed by atoms with Crippen molar-refractivity contribution < 1.29 is 24.0 Å². The Labute approximate surface area is 212 Å². The highest BCUT2D eigenvalue weighted by molar-refractivity contribution is 7.90. The van der Waals surface area contributed by atoms with Crippen molar-refractivity contribution in [3.8, 4) is 6.07 Å². The van der Waals surface area contributed by atoms with Crippen molar-refractivity contribution in [2.45, 2.75) is 43.6 Å². The lowest BCUT2D eigenvalue weighted by Crippen LogP contribution is -2.55. The predicted octanol–water partition coefficient (Wildman–Crippen LogP) is 2.38. The van der Waals surface area contributed by atoms with Crippen LogP contribution < -0.4 is 4.90 Å². The van der Waals surface area contributed by atoms with E-state index in [-0.39, 0.29) is 24.7 Å². The van der Waals surface area contributed by atoms with E-state index >= 15 is 0 Å². The summed E-state index contributed by atoms with van der Waals surface area (Å²) in [5, 5.41) is 19.1. The van der Waals surface area contributed by atoms with Gasteiger partial charge in [0.05, 0.1) is 30.8 Å². The minimum absolute atomic E-state index is 0.0950. The molecule has 0 aliphatic carbocycles. The van der Waals surface area contributed by atoms with Crippen LogP contribution >= 0.6 is 0 Å². The average molecular weight is 513 g/mol. The summed E-state index contributed by atoms with van der Waals surface area (Å²) in [5.41, 5.74) is 2.25. The number of hydrogen-bond acceptors (Lipinski definition) is 8. The number of rotatable bonds is 5. The molecule has 4 rings (SSSR count). The zero-order chi connectivity index (χ0) is 25.7. The molecule has 11 nitrogen and oxygen atoms in total. The highest BCUT2D eigenvalue weighted by Crippen LogP contribution is 2.30. The SMILES string of the molecule is C[S+]([O-])c1nc2c(c(N3CCN(C(=O)OCc4ccccc4)[C@@H](CC#N)C3)n1)CCCN(C(=O)O)C2. The molecular weight excluding hydrogens is 484 g/mol. The van der Waals surface area contributed by atoms with Crippen LogP contribution in [0.1, 0.15) is 29.7 Å². The summed E-state index contributed by atoms with van der Waals surface area (Å²) in [6.45, 7) is 1.71. The van der Waals surface area contributed by atoms with Crippen LogP contribution in [0.15, 0.2) is 35.5 Å². The Kier molecular flexibility index (Phi) is 8.12. The zero-order valence-electron chi connectivity index (χ0n) is 20.0. The summed E-state index contributed by atoms with van der Waals surface area (Å²) < 4.78 is 17.8. The van der Waals surface area contributed by atoms with E-state index in [0.29, 0.717) is 50.5 Å². The van der Waals surface area contributed by atoms with Crippen molar-refractivity contribution in [2.75, 3.05) is 37.3 Å². The molecule has 0 spiro atoms. The molecule has 1 N–H and O–H groups in total.